The van der Waals surface area contributed by atoms with Gasteiger partial charge in [-0.05, 0) is 6.92 Å². The fourth-order valence-electron chi connectivity index (χ4n) is 0.531. The molecule has 1 N–H and O–H groups in total. The van der Waals surface area contributed by atoms with E-state index < -0.39 is 0 Å². The molecular weight excluding hydrogens is 120 g/mol. The van der Waals surface area contributed by atoms with Crippen LogP contribution in [0.3, 0.4) is 0 Å². The summed E-state index contributed by atoms with van der Waals surface area (Å²) in [6, 6.07) is 0. The molecule has 1 heterocycles. The van der Waals surface area contributed by atoms with Crippen molar-refractivity contribution in [1.82, 2.24) is 0 Å². The van der Waals surface area contributed by atoms with Gasteiger partial charge in [0.05, 0.1) is 6.61 Å². The third-order valence-corrected chi connectivity index (χ3v) is 1.01. The first-order valence-corrected chi connectivity index (χ1v) is 3.11. The standard InChI is InChI=1S/C5H10O2.CH4O/c1-2-6-5-3-4-7-5;1-2/h5H,2-4H2,1H3;2H,1H3. The molecule has 0 saturated carbocycles. The predicted octanol–water partition coefficient (Wildman–Crippen LogP) is 0.378. The number of hydrogen-bond acceptors (Lipinski definition) is 3. The number of rotatable bonds is 2. The lowest BCUT2D eigenvalue weighted by Crippen LogP contribution is -2.29. The van der Waals surface area contributed by atoms with Gasteiger partial charge in [-0.2, -0.15) is 0 Å². The molecule has 0 aromatic rings. The number of ether oxygens (including phenoxy) is 2. The predicted molar refractivity (Wildman–Crippen MR) is 34.1 cm³/mol. The second-order valence-corrected chi connectivity index (χ2v) is 1.54. The van der Waals surface area contributed by atoms with Crippen LogP contribution in [0.25, 0.3) is 0 Å². The van der Waals surface area contributed by atoms with Crippen molar-refractivity contribution in [3.05, 3.63) is 0 Å². The van der Waals surface area contributed by atoms with E-state index in [0.29, 0.717) is 0 Å². The summed E-state index contributed by atoms with van der Waals surface area (Å²) in [6.45, 7) is 3.62. The van der Waals surface area contributed by atoms with E-state index in [-0.39, 0.29) is 6.29 Å². The molecule has 1 atom stereocenters. The molecule has 3 nitrogen and oxygen atoms in total. The molecule has 1 fully saturated rings. The van der Waals surface area contributed by atoms with E-state index in [0.717, 1.165) is 26.7 Å². The van der Waals surface area contributed by atoms with Gasteiger partial charge < -0.3 is 14.6 Å². The van der Waals surface area contributed by atoms with Crippen LogP contribution in [0.4, 0.5) is 0 Å². The largest absolute Gasteiger partial charge is 0.400 e. The minimum absolute atomic E-state index is 0.130. The Hall–Kier alpha value is -0.120. The molecule has 3 heteroatoms. The quantitative estimate of drug-likeness (QED) is 0.593. The van der Waals surface area contributed by atoms with Crippen LogP contribution in [0.2, 0.25) is 0 Å². The molecule has 1 saturated heterocycles. The van der Waals surface area contributed by atoms with Crippen molar-refractivity contribution in [2.24, 2.45) is 0 Å². The smallest absolute Gasteiger partial charge is 0.159 e. The van der Waals surface area contributed by atoms with Gasteiger partial charge >= 0.3 is 0 Å². The van der Waals surface area contributed by atoms with E-state index in [4.69, 9.17) is 14.6 Å². The van der Waals surface area contributed by atoms with Crippen LogP contribution in [0.1, 0.15) is 13.3 Å². The van der Waals surface area contributed by atoms with Gasteiger partial charge in [0.15, 0.2) is 6.29 Å². The van der Waals surface area contributed by atoms with E-state index in [9.17, 15) is 0 Å². The zero-order chi connectivity index (χ0) is 7.11. The van der Waals surface area contributed by atoms with Crippen LogP contribution in [-0.4, -0.2) is 31.7 Å². The molecular formula is C6H14O3. The zero-order valence-corrected chi connectivity index (χ0v) is 5.96. The molecule has 1 aliphatic heterocycles. The van der Waals surface area contributed by atoms with Gasteiger partial charge in [-0.15, -0.1) is 0 Å². The van der Waals surface area contributed by atoms with Gasteiger partial charge in [-0.25, -0.2) is 0 Å². The molecule has 1 aliphatic rings. The molecule has 0 aromatic carbocycles. The highest BCUT2D eigenvalue weighted by atomic mass is 16.7. The summed E-state index contributed by atoms with van der Waals surface area (Å²) in [7, 11) is 1.00. The Labute approximate surface area is 55.6 Å². The minimum Gasteiger partial charge on any atom is -0.400 e. The Bertz CT molecular complexity index is 52.3. The van der Waals surface area contributed by atoms with Crippen LogP contribution in [0.15, 0.2) is 0 Å². The molecule has 0 amide bonds. The van der Waals surface area contributed by atoms with Gasteiger partial charge in [0.2, 0.25) is 0 Å². The first-order valence-electron chi connectivity index (χ1n) is 3.11. The summed E-state index contributed by atoms with van der Waals surface area (Å²) in [5.41, 5.74) is 0. The molecule has 0 aliphatic carbocycles. The maximum atomic E-state index is 7.00. The Morgan fingerprint density at radius 2 is 2.22 bits per heavy atom. The molecule has 0 radical (unpaired) electrons. The number of aliphatic hydroxyl groups is 1. The van der Waals surface area contributed by atoms with Gasteiger partial charge in [-0.3, -0.25) is 0 Å². The maximum absolute atomic E-state index is 7.00. The monoisotopic (exact) mass is 134 g/mol. The Morgan fingerprint density at radius 1 is 1.67 bits per heavy atom. The van der Waals surface area contributed by atoms with Gasteiger partial charge in [0.25, 0.3) is 0 Å². The average Bonchev–Trinajstić information content (AvgIpc) is 1.84. The lowest BCUT2D eigenvalue weighted by molar-refractivity contribution is -0.212. The lowest BCUT2D eigenvalue weighted by Gasteiger charge is -2.25. The number of hydrogen-bond donors (Lipinski definition) is 1. The van der Waals surface area contributed by atoms with Crippen LogP contribution in [-0.2, 0) is 9.47 Å². The summed E-state index contributed by atoms with van der Waals surface area (Å²) >= 11 is 0. The van der Waals surface area contributed by atoms with Crippen LogP contribution in [0, 0.1) is 0 Å². The van der Waals surface area contributed by atoms with Gasteiger partial charge in [-0.1, -0.05) is 0 Å². The SMILES string of the molecule is CCOC1CCO1.CO. The fraction of sp³-hybridized carbons (Fsp3) is 1.00. The summed E-state index contributed by atoms with van der Waals surface area (Å²) in [4.78, 5) is 0. The maximum Gasteiger partial charge on any atom is 0.159 e. The zero-order valence-electron chi connectivity index (χ0n) is 5.96. The third-order valence-electron chi connectivity index (χ3n) is 1.01. The highest BCUT2D eigenvalue weighted by Crippen LogP contribution is 2.10. The molecule has 56 valence electrons. The topological polar surface area (TPSA) is 38.7 Å². The van der Waals surface area contributed by atoms with E-state index >= 15 is 0 Å². The molecule has 1 unspecified atom stereocenters. The minimum atomic E-state index is 0.130. The van der Waals surface area contributed by atoms with Crippen LogP contribution < -0.4 is 0 Å². The molecule has 0 aromatic heterocycles. The molecule has 1 rings (SSSR count). The van der Waals surface area contributed by atoms with Gasteiger partial charge in [0, 0.05) is 20.1 Å². The van der Waals surface area contributed by atoms with Crippen molar-refractivity contribution in [3.63, 3.8) is 0 Å². The summed E-state index contributed by atoms with van der Waals surface area (Å²) in [5.74, 6) is 0. The Balaban J connectivity index is 0.000000291. The highest BCUT2D eigenvalue weighted by Gasteiger charge is 2.16. The highest BCUT2D eigenvalue weighted by molar-refractivity contribution is 4.52. The van der Waals surface area contributed by atoms with Crippen molar-refractivity contribution < 1.29 is 14.6 Å². The van der Waals surface area contributed by atoms with Crippen LogP contribution in [0.5, 0.6) is 0 Å². The molecule has 0 spiro atoms. The van der Waals surface area contributed by atoms with E-state index in [1.54, 1.807) is 0 Å². The Morgan fingerprint density at radius 3 is 2.33 bits per heavy atom. The van der Waals surface area contributed by atoms with E-state index in [1.807, 2.05) is 6.92 Å². The van der Waals surface area contributed by atoms with E-state index in [1.165, 1.54) is 0 Å². The lowest BCUT2D eigenvalue weighted by atomic mass is 10.3. The number of aliphatic hydroxyl groups excluding tert-OH is 1. The van der Waals surface area contributed by atoms with Crippen molar-refractivity contribution >= 4 is 0 Å². The van der Waals surface area contributed by atoms with Crippen molar-refractivity contribution in [3.8, 4) is 0 Å². The third kappa shape index (κ3) is 3.46. The van der Waals surface area contributed by atoms with E-state index in [2.05, 4.69) is 0 Å². The average molecular weight is 134 g/mol. The van der Waals surface area contributed by atoms with Crippen molar-refractivity contribution in [2.45, 2.75) is 19.6 Å². The second kappa shape index (κ2) is 6.01. The second-order valence-electron chi connectivity index (χ2n) is 1.54. The Kier molecular flexibility index (Phi) is 5.93. The molecule has 9 heavy (non-hydrogen) atoms. The summed E-state index contributed by atoms with van der Waals surface area (Å²) < 4.78 is 10.0. The first-order chi connectivity index (χ1) is 4.43. The fourth-order valence-corrected chi connectivity index (χ4v) is 0.531. The molecule has 0 bridgehead atoms. The summed E-state index contributed by atoms with van der Waals surface area (Å²) in [6.07, 6.45) is 1.21. The summed E-state index contributed by atoms with van der Waals surface area (Å²) in [5, 5.41) is 7.00. The van der Waals surface area contributed by atoms with Gasteiger partial charge in [0.1, 0.15) is 0 Å². The first kappa shape index (κ1) is 8.88. The normalized spacial score (nSPS) is 23.7. The van der Waals surface area contributed by atoms with Crippen molar-refractivity contribution in [2.75, 3.05) is 20.3 Å². The van der Waals surface area contributed by atoms with Crippen molar-refractivity contribution in [1.29, 1.82) is 0 Å². The van der Waals surface area contributed by atoms with Crippen LogP contribution >= 0.6 is 0 Å².